The van der Waals surface area contributed by atoms with Crippen LogP contribution in [0.3, 0.4) is 0 Å². The lowest BCUT2D eigenvalue weighted by molar-refractivity contribution is 0.0945. The molecule has 0 saturated carbocycles. The highest BCUT2D eigenvalue weighted by Crippen LogP contribution is 2.27. The standard InChI is InChI=1S/C19H26N4O3/c1-12(2)10-21-19-22-13(3)8-15(23-19)18(24)20-11-14-6-7-16(25-4)17(9-14)26-5/h6-9,12H,10-11H2,1-5H3,(H,20,24)(H,21,22,23). The van der Waals surface area contributed by atoms with Crippen molar-refractivity contribution in [3.63, 3.8) is 0 Å². The van der Waals surface area contributed by atoms with Crippen molar-refractivity contribution in [2.24, 2.45) is 5.92 Å². The maximum absolute atomic E-state index is 12.5. The number of hydrogen-bond donors (Lipinski definition) is 2. The van der Waals surface area contributed by atoms with Crippen LogP contribution in [0.1, 0.15) is 35.6 Å². The van der Waals surface area contributed by atoms with Gasteiger partial charge in [-0.15, -0.1) is 0 Å². The summed E-state index contributed by atoms with van der Waals surface area (Å²) in [7, 11) is 3.16. The third kappa shape index (κ3) is 5.34. The number of anilines is 1. The van der Waals surface area contributed by atoms with Crippen molar-refractivity contribution in [1.82, 2.24) is 15.3 Å². The van der Waals surface area contributed by atoms with Crippen molar-refractivity contribution in [3.8, 4) is 11.5 Å². The zero-order valence-electron chi connectivity index (χ0n) is 15.9. The number of rotatable bonds is 8. The Morgan fingerprint density at radius 1 is 1.12 bits per heavy atom. The molecule has 2 aromatic rings. The molecule has 1 aromatic carbocycles. The number of carbonyl (C=O) groups excluding carboxylic acids is 1. The first-order valence-corrected chi connectivity index (χ1v) is 8.51. The summed E-state index contributed by atoms with van der Waals surface area (Å²) in [4.78, 5) is 21.1. The number of benzene rings is 1. The van der Waals surface area contributed by atoms with Crippen LogP contribution in [-0.2, 0) is 6.54 Å². The van der Waals surface area contributed by atoms with E-state index in [1.807, 2.05) is 25.1 Å². The number of ether oxygens (including phenoxy) is 2. The third-order valence-corrected chi connectivity index (χ3v) is 3.66. The second-order valence-electron chi connectivity index (χ2n) is 6.36. The first-order chi connectivity index (χ1) is 12.4. The van der Waals surface area contributed by atoms with Crippen LogP contribution in [0.2, 0.25) is 0 Å². The van der Waals surface area contributed by atoms with E-state index >= 15 is 0 Å². The van der Waals surface area contributed by atoms with Gasteiger partial charge in [0.2, 0.25) is 5.95 Å². The molecule has 0 atom stereocenters. The van der Waals surface area contributed by atoms with E-state index in [0.717, 1.165) is 17.8 Å². The van der Waals surface area contributed by atoms with E-state index in [-0.39, 0.29) is 5.91 Å². The highest BCUT2D eigenvalue weighted by Gasteiger charge is 2.12. The van der Waals surface area contributed by atoms with Gasteiger partial charge in [-0.05, 0) is 36.6 Å². The maximum Gasteiger partial charge on any atom is 0.270 e. The van der Waals surface area contributed by atoms with E-state index in [1.54, 1.807) is 20.3 Å². The van der Waals surface area contributed by atoms with Crippen LogP contribution in [0.4, 0.5) is 5.95 Å². The van der Waals surface area contributed by atoms with Crippen molar-refractivity contribution in [1.29, 1.82) is 0 Å². The average Bonchev–Trinajstić information content (AvgIpc) is 2.63. The molecule has 7 heteroatoms. The molecule has 0 unspecified atom stereocenters. The van der Waals surface area contributed by atoms with Gasteiger partial charge in [0.25, 0.3) is 5.91 Å². The number of carbonyl (C=O) groups is 1. The molecule has 0 saturated heterocycles. The van der Waals surface area contributed by atoms with Crippen molar-refractivity contribution in [2.45, 2.75) is 27.3 Å². The second kappa shape index (κ2) is 9.03. The summed E-state index contributed by atoms with van der Waals surface area (Å²) in [5.41, 5.74) is 1.98. The van der Waals surface area contributed by atoms with Gasteiger partial charge in [-0.2, -0.15) is 0 Å². The van der Waals surface area contributed by atoms with Gasteiger partial charge in [-0.3, -0.25) is 4.79 Å². The Bertz CT molecular complexity index is 762. The summed E-state index contributed by atoms with van der Waals surface area (Å²) < 4.78 is 10.5. The van der Waals surface area contributed by atoms with E-state index in [4.69, 9.17) is 9.47 Å². The molecule has 0 fully saturated rings. The van der Waals surface area contributed by atoms with Gasteiger partial charge >= 0.3 is 0 Å². The molecule has 2 N–H and O–H groups in total. The molecule has 1 aromatic heterocycles. The van der Waals surface area contributed by atoms with Crippen molar-refractivity contribution in [3.05, 3.63) is 41.2 Å². The second-order valence-corrected chi connectivity index (χ2v) is 6.36. The zero-order chi connectivity index (χ0) is 19.1. The monoisotopic (exact) mass is 358 g/mol. The highest BCUT2D eigenvalue weighted by atomic mass is 16.5. The number of aryl methyl sites for hydroxylation is 1. The maximum atomic E-state index is 12.5. The predicted molar refractivity (Wildman–Crippen MR) is 101 cm³/mol. The van der Waals surface area contributed by atoms with Crippen LogP contribution in [0, 0.1) is 12.8 Å². The lowest BCUT2D eigenvalue weighted by atomic mass is 10.2. The molecule has 26 heavy (non-hydrogen) atoms. The summed E-state index contributed by atoms with van der Waals surface area (Å²) in [5, 5.41) is 6.02. The minimum atomic E-state index is -0.252. The summed E-state index contributed by atoms with van der Waals surface area (Å²) >= 11 is 0. The first-order valence-electron chi connectivity index (χ1n) is 8.51. The Morgan fingerprint density at radius 2 is 1.85 bits per heavy atom. The van der Waals surface area contributed by atoms with Crippen LogP contribution in [-0.4, -0.2) is 36.6 Å². The molecule has 0 aliphatic rings. The van der Waals surface area contributed by atoms with Gasteiger partial charge in [0.05, 0.1) is 14.2 Å². The minimum absolute atomic E-state index is 0.252. The Kier molecular flexibility index (Phi) is 6.77. The number of aromatic nitrogens is 2. The largest absolute Gasteiger partial charge is 0.493 e. The Morgan fingerprint density at radius 3 is 2.50 bits per heavy atom. The molecular formula is C19H26N4O3. The fourth-order valence-corrected chi connectivity index (χ4v) is 2.32. The zero-order valence-corrected chi connectivity index (χ0v) is 15.9. The summed E-state index contributed by atoms with van der Waals surface area (Å²) in [6.45, 7) is 7.14. The van der Waals surface area contributed by atoms with Gasteiger partial charge in [0.15, 0.2) is 11.5 Å². The molecule has 140 valence electrons. The quantitative estimate of drug-likeness (QED) is 0.755. The fraction of sp³-hybridized carbons (Fsp3) is 0.421. The van der Waals surface area contributed by atoms with Crippen molar-refractivity contribution < 1.29 is 14.3 Å². The highest BCUT2D eigenvalue weighted by molar-refractivity contribution is 5.92. The summed E-state index contributed by atoms with van der Waals surface area (Å²) in [6, 6.07) is 7.19. The Labute approximate surface area is 154 Å². The summed E-state index contributed by atoms with van der Waals surface area (Å²) in [5.74, 6) is 1.95. The van der Waals surface area contributed by atoms with Crippen LogP contribution < -0.4 is 20.1 Å². The Balaban J connectivity index is 2.05. The molecule has 0 bridgehead atoms. The number of hydrogen-bond acceptors (Lipinski definition) is 6. The average molecular weight is 358 g/mol. The molecule has 0 radical (unpaired) electrons. The van der Waals surface area contributed by atoms with Crippen LogP contribution in [0.5, 0.6) is 11.5 Å². The molecule has 2 rings (SSSR count). The van der Waals surface area contributed by atoms with E-state index in [1.165, 1.54) is 0 Å². The van der Waals surface area contributed by atoms with Crippen molar-refractivity contribution in [2.75, 3.05) is 26.1 Å². The van der Waals surface area contributed by atoms with E-state index in [0.29, 0.717) is 35.6 Å². The SMILES string of the molecule is COc1ccc(CNC(=O)c2cc(C)nc(NCC(C)C)n2)cc1OC. The molecular weight excluding hydrogens is 332 g/mol. The summed E-state index contributed by atoms with van der Waals surface area (Å²) in [6.07, 6.45) is 0. The lowest BCUT2D eigenvalue weighted by Gasteiger charge is -2.11. The minimum Gasteiger partial charge on any atom is -0.493 e. The van der Waals surface area contributed by atoms with E-state index in [9.17, 15) is 4.79 Å². The molecule has 7 nitrogen and oxygen atoms in total. The lowest BCUT2D eigenvalue weighted by Crippen LogP contribution is -2.25. The number of nitrogens with one attached hydrogen (secondary N) is 2. The number of nitrogens with zero attached hydrogens (tertiary/aromatic N) is 2. The normalized spacial score (nSPS) is 10.5. The smallest absolute Gasteiger partial charge is 0.270 e. The topological polar surface area (TPSA) is 85.4 Å². The molecule has 0 aliphatic heterocycles. The van der Waals surface area contributed by atoms with Gasteiger partial charge in [0, 0.05) is 18.8 Å². The van der Waals surface area contributed by atoms with Crippen LogP contribution in [0.15, 0.2) is 24.3 Å². The molecule has 0 spiro atoms. The van der Waals surface area contributed by atoms with Gasteiger partial charge < -0.3 is 20.1 Å². The third-order valence-electron chi connectivity index (χ3n) is 3.66. The Hall–Kier alpha value is -2.83. The van der Waals surface area contributed by atoms with Gasteiger partial charge in [-0.1, -0.05) is 19.9 Å². The van der Waals surface area contributed by atoms with Crippen molar-refractivity contribution >= 4 is 11.9 Å². The number of methoxy groups -OCH3 is 2. The van der Waals surface area contributed by atoms with E-state index < -0.39 is 0 Å². The van der Waals surface area contributed by atoms with Crippen LogP contribution in [0.25, 0.3) is 0 Å². The van der Waals surface area contributed by atoms with Crippen LogP contribution >= 0.6 is 0 Å². The fourth-order valence-electron chi connectivity index (χ4n) is 2.32. The first kappa shape index (κ1) is 19.5. The molecule has 1 heterocycles. The van der Waals surface area contributed by atoms with E-state index in [2.05, 4.69) is 34.4 Å². The number of amides is 1. The predicted octanol–water partition coefficient (Wildman–Crippen LogP) is 2.80. The molecule has 0 aliphatic carbocycles. The van der Waals surface area contributed by atoms with Gasteiger partial charge in [-0.25, -0.2) is 9.97 Å². The van der Waals surface area contributed by atoms with Gasteiger partial charge in [0.1, 0.15) is 5.69 Å². The molecule has 1 amide bonds.